The van der Waals surface area contributed by atoms with E-state index in [1.807, 2.05) is 24.3 Å². The number of benzene rings is 2. The van der Waals surface area contributed by atoms with Gasteiger partial charge in [-0.3, -0.25) is 0 Å². The molecule has 0 spiro atoms. The summed E-state index contributed by atoms with van der Waals surface area (Å²) < 4.78 is 70.3. The molecule has 0 aliphatic carbocycles. The zero-order valence-electron chi connectivity index (χ0n) is 16.5. The molecule has 3 nitrogen and oxygen atoms in total. The number of halogens is 5. The molecule has 1 aliphatic rings. The maximum Gasteiger partial charge on any atom is 0.422 e. The number of nitrogens with one attached hydrogen (secondary N) is 2. The summed E-state index contributed by atoms with van der Waals surface area (Å²) in [5.41, 5.74) is -0.269. The van der Waals surface area contributed by atoms with Crippen LogP contribution in [0.2, 0.25) is 0 Å². The van der Waals surface area contributed by atoms with E-state index < -0.39 is 23.4 Å². The second-order valence-corrected chi connectivity index (χ2v) is 7.14. The second-order valence-electron chi connectivity index (χ2n) is 7.14. The topological polar surface area (TPSA) is 33.3 Å². The first-order valence-corrected chi connectivity index (χ1v) is 9.66. The maximum atomic E-state index is 13.1. The van der Waals surface area contributed by atoms with Gasteiger partial charge < -0.3 is 15.4 Å². The fourth-order valence-electron chi connectivity index (χ4n) is 3.65. The first-order valence-electron chi connectivity index (χ1n) is 9.66. The highest BCUT2D eigenvalue weighted by molar-refractivity contribution is 5.71. The van der Waals surface area contributed by atoms with Crippen molar-refractivity contribution in [2.75, 3.05) is 19.0 Å². The summed E-state index contributed by atoms with van der Waals surface area (Å²) in [7, 11) is 1.38. The van der Waals surface area contributed by atoms with Gasteiger partial charge in [-0.1, -0.05) is 24.6 Å². The molecule has 2 aromatic carbocycles. The predicted molar refractivity (Wildman–Crippen MR) is 107 cm³/mol. The Morgan fingerprint density at radius 2 is 1.93 bits per heavy atom. The van der Waals surface area contributed by atoms with Crippen molar-refractivity contribution >= 4 is 11.3 Å². The summed E-state index contributed by atoms with van der Waals surface area (Å²) >= 11 is 0. The van der Waals surface area contributed by atoms with Gasteiger partial charge in [-0.2, -0.15) is 22.0 Å². The Labute approximate surface area is 171 Å². The number of alkyl halides is 3. The van der Waals surface area contributed by atoms with Gasteiger partial charge in [-0.15, -0.1) is 0 Å². The molecular formula is C22H23F5N2O. The molecule has 0 radical (unpaired) electrons. The number of hydrogen-bond donors (Lipinski definition) is 2. The lowest BCUT2D eigenvalue weighted by Gasteiger charge is -2.24. The smallest absolute Gasteiger partial charge is 0.422 e. The molecule has 1 atom stereocenters. The maximum absolute atomic E-state index is 13.1. The van der Waals surface area contributed by atoms with E-state index >= 15 is 0 Å². The molecule has 8 heteroatoms. The van der Waals surface area contributed by atoms with Gasteiger partial charge in [0.15, 0.2) is 0 Å². The molecule has 0 aromatic heterocycles. The Morgan fingerprint density at radius 1 is 1.13 bits per heavy atom. The Morgan fingerprint density at radius 3 is 2.57 bits per heavy atom. The minimum atomic E-state index is -5.15. The summed E-state index contributed by atoms with van der Waals surface area (Å²) in [6.45, 7) is 1.09. The first-order chi connectivity index (χ1) is 14.3. The first kappa shape index (κ1) is 22.1. The summed E-state index contributed by atoms with van der Waals surface area (Å²) in [5.74, 6) is 0.317. The number of allylic oxidation sites excluding steroid dienone is 1. The fourth-order valence-corrected chi connectivity index (χ4v) is 3.65. The SMILES string of the molecule is COc1ccc(C(=C(F)F)C(F)(F)F)cc1CNc1cccc([C@@H]2CCCCN2)c1. The van der Waals surface area contributed by atoms with Crippen LogP contribution in [0.4, 0.5) is 27.6 Å². The van der Waals surface area contributed by atoms with Crippen LogP contribution >= 0.6 is 0 Å². The van der Waals surface area contributed by atoms with Crippen LogP contribution in [0.5, 0.6) is 5.75 Å². The molecule has 1 heterocycles. The number of methoxy groups -OCH3 is 1. The van der Waals surface area contributed by atoms with Crippen LogP contribution in [0.25, 0.3) is 5.57 Å². The molecule has 1 aliphatic heterocycles. The predicted octanol–water partition coefficient (Wildman–Crippen LogP) is 6.29. The summed E-state index contributed by atoms with van der Waals surface area (Å²) in [5, 5.41) is 6.63. The zero-order valence-corrected chi connectivity index (χ0v) is 16.5. The Kier molecular flexibility index (Phi) is 6.97. The number of ether oxygens (including phenoxy) is 1. The molecule has 1 fully saturated rings. The third-order valence-corrected chi connectivity index (χ3v) is 5.12. The number of anilines is 1. The highest BCUT2D eigenvalue weighted by Gasteiger charge is 2.39. The number of rotatable bonds is 6. The van der Waals surface area contributed by atoms with E-state index in [0.29, 0.717) is 11.3 Å². The van der Waals surface area contributed by atoms with Gasteiger partial charge in [0.2, 0.25) is 0 Å². The minimum Gasteiger partial charge on any atom is -0.496 e. The molecule has 1 saturated heterocycles. The van der Waals surface area contributed by atoms with Crippen molar-refractivity contribution in [1.29, 1.82) is 0 Å². The third-order valence-electron chi connectivity index (χ3n) is 5.12. The van der Waals surface area contributed by atoms with E-state index in [2.05, 4.69) is 10.6 Å². The largest absolute Gasteiger partial charge is 0.496 e. The number of hydrogen-bond acceptors (Lipinski definition) is 3. The van der Waals surface area contributed by atoms with Crippen LogP contribution < -0.4 is 15.4 Å². The van der Waals surface area contributed by atoms with Crippen molar-refractivity contribution in [3.63, 3.8) is 0 Å². The summed E-state index contributed by atoms with van der Waals surface area (Å²) in [6, 6.07) is 11.4. The average Bonchev–Trinajstić information content (AvgIpc) is 2.72. The van der Waals surface area contributed by atoms with Crippen LogP contribution in [0.3, 0.4) is 0 Å². The zero-order chi connectivity index (χ0) is 21.7. The molecule has 2 N–H and O–H groups in total. The van der Waals surface area contributed by atoms with E-state index in [0.717, 1.165) is 49.2 Å². The van der Waals surface area contributed by atoms with Gasteiger partial charge in [-0.25, -0.2) is 0 Å². The Balaban J connectivity index is 1.82. The van der Waals surface area contributed by atoms with Crippen LogP contribution in [-0.2, 0) is 6.54 Å². The highest BCUT2D eigenvalue weighted by Crippen LogP contribution is 2.39. The van der Waals surface area contributed by atoms with Crippen LogP contribution in [0, 0.1) is 0 Å². The van der Waals surface area contributed by atoms with Crippen LogP contribution in [0.15, 0.2) is 48.5 Å². The summed E-state index contributed by atoms with van der Waals surface area (Å²) in [4.78, 5) is 0. The molecule has 0 bridgehead atoms. The average molecular weight is 426 g/mol. The molecule has 0 saturated carbocycles. The molecular weight excluding hydrogens is 403 g/mol. The third kappa shape index (κ3) is 5.30. The van der Waals surface area contributed by atoms with Gasteiger partial charge in [0.05, 0.1) is 7.11 Å². The Bertz CT molecular complexity index is 901. The monoisotopic (exact) mass is 426 g/mol. The number of piperidine rings is 1. The lowest BCUT2D eigenvalue weighted by molar-refractivity contribution is -0.0711. The normalized spacial score (nSPS) is 16.8. The van der Waals surface area contributed by atoms with Crippen molar-refractivity contribution in [3.8, 4) is 5.75 Å². The van der Waals surface area contributed by atoms with Crippen LogP contribution in [0.1, 0.15) is 42.0 Å². The molecule has 0 amide bonds. The standard InChI is InChI=1S/C22H23F5N2O/c1-30-19-9-8-15(20(21(23)24)22(25,26)27)11-16(19)13-29-17-6-4-5-14(12-17)18-7-2-3-10-28-18/h4-6,8-9,11-12,18,28-29H,2-3,7,10,13H2,1H3/t18-/m0/s1. The van der Waals surface area contributed by atoms with Crippen molar-refractivity contribution in [2.24, 2.45) is 0 Å². The van der Waals surface area contributed by atoms with E-state index in [1.165, 1.54) is 13.2 Å². The van der Waals surface area contributed by atoms with Crippen molar-refractivity contribution in [1.82, 2.24) is 5.32 Å². The van der Waals surface area contributed by atoms with Gasteiger partial charge in [-0.05, 0) is 54.8 Å². The second kappa shape index (κ2) is 9.47. The quantitative estimate of drug-likeness (QED) is 0.533. The fraction of sp³-hybridized carbons (Fsp3) is 0.364. The molecule has 0 unspecified atom stereocenters. The molecule has 2 aromatic rings. The van der Waals surface area contributed by atoms with E-state index in [1.54, 1.807) is 0 Å². The molecule has 3 rings (SSSR count). The lowest BCUT2D eigenvalue weighted by Crippen LogP contribution is -2.26. The van der Waals surface area contributed by atoms with Gasteiger partial charge in [0, 0.05) is 23.8 Å². The van der Waals surface area contributed by atoms with Gasteiger partial charge in [0.1, 0.15) is 11.3 Å². The Hall–Kier alpha value is -2.61. The summed E-state index contributed by atoms with van der Waals surface area (Å²) in [6.07, 6.45) is -4.57. The lowest BCUT2D eigenvalue weighted by atomic mass is 9.97. The van der Waals surface area contributed by atoms with Gasteiger partial charge >= 0.3 is 6.18 Å². The molecule has 162 valence electrons. The highest BCUT2D eigenvalue weighted by atomic mass is 19.4. The minimum absolute atomic E-state index is 0.123. The van der Waals surface area contributed by atoms with Crippen molar-refractivity contribution in [3.05, 3.63) is 65.2 Å². The van der Waals surface area contributed by atoms with Gasteiger partial charge in [0.25, 0.3) is 6.08 Å². The van der Waals surface area contributed by atoms with Crippen LogP contribution in [-0.4, -0.2) is 19.8 Å². The van der Waals surface area contributed by atoms with Crippen molar-refractivity contribution < 1.29 is 26.7 Å². The van der Waals surface area contributed by atoms with E-state index in [9.17, 15) is 22.0 Å². The van der Waals surface area contributed by atoms with Crippen molar-refractivity contribution in [2.45, 2.75) is 38.0 Å². The van der Waals surface area contributed by atoms with E-state index in [-0.39, 0.29) is 12.6 Å². The molecule has 30 heavy (non-hydrogen) atoms. The van der Waals surface area contributed by atoms with E-state index in [4.69, 9.17) is 4.74 Å².